The molecular weight excluding hydrogens is 188 g/mol. The predicted octanol–water partition coefficient (Wildman–Crippen LogP) is 2.51. The molecule has 0 aromatic heterocycles. The van der Waals surface area contributed by atoms with Crippen LogP contribution in [0.1, 0.15) is 33.1 Å². The first-order valence-corrected chi connectivity index (χ1v) is 5.46. The summed E-state index contributed by atoms with van der Waals surface area (Å²) in [6, 6.07) is 0. The Balaban J connectivity index is 2.87. The third-order valence-electron chi connectivity index (χ3n) is 3.85. The highest BCUT2D eigenvalue weighted by molar-refractivity contribution is 5.93. The fourth-order valence-electron chi connectivity index (χ4n) is 2.21. The fraction of sp³-hybridized carbons (Fsp3) is 0.750. The van der Waals surface area contributed by atoms with Gasteiger partial charge in [-0.2, -0.15) is 0 Å². The van der Waals surface area contributed by atoms with Crippen LogP contribution < -0.4 is 0 Å². The van der Waals surface area contributed by atoms with Crippen LogP contribution in [0, 0.1) is 5.92 Å². The lowest BCUT2D eigenvalue weighted by atomic mass is 9.73. The molecule has 1 aliphatic rings. The molecule has 0 aromatic carbocycles. The van der Waals surface area contributed by atoms with Crippen LogP contribution >= 0.6 is 0 Å². The number of rotatable bonds is 2. The largest absolute Gasteiger partial charge is 0.411 e. The average Bonchev–Trinajstić information content (AvgIpc) is 2.17. The second-order valence-corrected chi connectivity index (χ2v) is 5.00. The van der Waals surface area contributed by atoms with Gasteiger partial charge in [0.2, 0.25) is 0 Å². The molecule has 1 aliphatic carbocycles. The summed E-state index contributed by atoms with van der Waals surface area (Å²) in [4.78, 5) is 2.14. The van der Waals surface area contributed by atoms with Crippen molar-refractivity contribution in [3.05, 3.63) is 12.2 Å². The molecule has 3 nitrogen and oxygen atoms in total. The summed E-state index contributed by atoms with van der Waals surface area (Å²) in [5.41, 5.74) is 1.98. The number of hydrogen-bond acceptors (Lipinski definition) is 3. The lowest BCUT2D eigenvalue weighted by molar-refractivity contribution is 0.193. The zero-order valence-electron chi connectivity index (χ0n) is 10.2. The highest BCUT2D eigenvalue weighted by Crippen LogP contribution is 2.35. The van der Waals surface area contributed by atoms with E-state index in [-0.39, 0.29) is 5.54 Å². The second-order valence-electron chi connectivity index (χ2n) is 5.00. The Labute approximate surface area is 92.5 Å². The van der Waals surface area contributed by atoms with Gasteiger partial charge in [-0.05, 0) is 53.1 Å². The van der Waals surface area contributed by atoms with Crippen LogP contribution in [0.25, 0.3) is 0 Å². The first-order valence-electron chi connectivity index (χ1n) is 5.46. The van der Waals surface area contributed by atoms with E-state index in [4.69, 9.17) is 5.21 Å². The Bertz CT molecular complexity index is 283. The summed E-state index contributed by atoms with van der Waals surface area (Å²) in [7, 11) is 4.07. The molecule has 15 heavy (non-hydrogen) atoms. The van der Waals surface area contributed by atoms with Gasteiger partial charge in [0.25, 0.3) is 0 Å². The number of hydrogen-bond donors (Lipinski definition) is 1. The molecule has 1 N–H and O–H groups in total. The summed E-state index contributed by atoms with van der Waals surface area (Å²) >= 11 is 0. The molecule has 1 rings (SSSR count). The number of oxime groups is 1. The quantitative estimate of drug-likeness (QED) is 0.432. The van der Waals surface area contributed by atoms with Crippen molar-refractivity contribution in [3.63, 3.8) is 0 Å². The lowest BCUT2D eigenvalue weighted by Crippen LogP contribution is -2.51. The van der Waals surface area contributed by atoms with Crippen LogP contribution in [-0.2, 0) is 0 Å². The van der Waals surface area contributed by atoms with Crippen molar-refractivity contribution in [2.24, 2.45) is 11.1 Å². The Hall–Kier alpha value is -0.830. The summed E-state index contributed by atoms with van der Waals surface area (Å²) in [5, 5.41) is 12.6. The van der Waals surface area contributed by atoms with Crippen molar-refractivity contribution < 1.29 is 5.21 Å². The zero-order valence-corrected chi connectivity index (χ0v) is 10.2. The van der Waals surface area contributed by atoms with Crippen molar-refractivity contribution in [2.45, 2.75) is 38.6 Å². The minimum absolute atomic E-state index is 0.0965. The van der Waals surface area contributed by atoms with Crippen molar-refractivity contribution in [1.82, 2.24) is 4.90 Å². The molecule has 0 radical (unpaired) electrons. The van der Waals surface area contributed by atoms with Gasteiger partial charge in [-0.15, -0.1) is 0 Å². The molecular formula is C12H22N2O. The number of nitrogens with zero attached hydrogens (tertiary/aromatic N) is 2. The van der Waals surface area contributed by atoms with E-state index in [1.165, 1.54) is 5.57 Å². The summed E-state index contributed by atoms with van der Waals surface area (Å²) in [6.07, 6.45) is 2.99. The van der Waals surface area contributed by atoms with Gasteiger partial charge in [0.1, 0.15) is 0 Å². The van der Waals surface area contributed by atoms with Gasteiger partial charge in [0.15, 0.2) is 0 Å². The van der Waals surface area contributed by atoms with Gasteiger partial charge < -0.3 is 5.21 Å². The van der Waals surface area contributed by atoms with Gasteiger partial charge in [0.05, 0.1) is 11.3 Å². The molecule has 0 aliphatic heterocycles. The monoisotopic (exact) mass is 210 g/mol. The van der Waals surface area contributed by atoms with Crippen LogP contribution in [0.3, 0.4) is 0 Å². The van der Waals surface area contributed by atoms with Gasteiger partial charge in [0, 0.05) is 0 Å². The van der Waals surface area contributed by atoms with Crippen LogP contribution in [0.2, 0.25) is 0 Å². The molecule has 0 bridgehead atoms. The average molecular weight is 210 g/mol. The van der Waals surface area contributed by atoms with Crippen molar-refractivity contribution in [3.8, 4) is 0 Å². The molecule has 2 atom stereocenters. The maximum Gasteiger partial charge on any atom is 0.0776 e. The fourth-order valence-corrected chi connectivity index (χ4v) is 2.21. The van der Waals surface area contributed by atoms with E-state index in [0.29, 0.717) is 5.92 Å². The van der Waals surface area contributed by atoms with Crippen molar-refractivity contribution in [1.29, 1.82) is 0 Å². The summed E-state index contributed by atoms with van der Waals surface area (Å²) < 4.78 is 0. The maximum atomic E-state index is 9.11. The van der Waals surface area contributed by atoms with Crippen LogP contribution in [0.5, 0.6) is 0 Å². The molecule has 0 heterocycles. The Kier molecular flexibility index (Phi) is 3.55. The second kappa shape index (κ2) is 4.35. The maximum absolute atomic E-state index is 9.11. The smallest absolute Gasteiger partial charge is 0.0776 e. The highest BCUT2D eigenvalue weighted by Gasteiger charge is 2.39. The van der Waals surface area contributed by atoms with E-state index in [2.05, 4.69) is 30.5 Å². The topological polar surface area (TPSA) is 35.8 Å². The normalized spacial score (nSPS) is 34.7. The van der Waals surface area contributed by atoms with E-state index >= 15 is 0 Å². The molecule has 1 fully saturated rings. The molecule has 0 amide bonds. The Morgan fingerprint density at radius 1 is 1.60 bits per heavy atom. The van der Waals surface area contributed by atoms with Gasteiger partial charge in [-0.1, -0.05) is 17.3 Å². The molecule has 0 saturated heterocycles. The third kappa shape index (κ3) is 2.23. The van der Waals surface area contributed by atoms with E-state index < -0.39 is 0 Å². The highest BCUT2D eigenvalue weighted by atomic mass is 16.4. The predicted molar refractivity (Wildman–Crippen MR) is 63.5 cm³/mol. The molecule has 0 aromatic rings. The third-order valence-corrected chi connectivity index (χ3v) is 3.85. The molecule has 3 heteroatoms. The number of allylic oxidation sites excluding steroid dienone is 1. The van der Waals surface area contributed by atoms with Crippen LogP contribution in [0.4, 0.5) is 0 Å². The molecule has 1 saturated carbocycles. The summed E-state index contributed by atoms with van der Waals surface area (Å²) in [5.74, 6) is 0.476. The Morgan fingerprint density at radius 2 is 2.20 bits per heavy atom. The first-order chi connectivity index (χ1) is 6.91. The molecule has 86 valence electrons. The molecule has 0 spiro atoms. The minimum Gasteiger partial charge on any atom is -0.411 e. The van der Waals surface area contributed by atoms with E-state index in [1.807, 2.05) is 14.1 Å². The Morgan fingerprint density at radius 3 is 2.60 bits per heavy atom. The van der Waals surface area contributed by atoms with Crippen LogP contribution in [-0.4, -0.2) is 35.5 Å². The van der Waals surface area contributed by atoms with Gasteiger partial charge in [-0.3, -0.25) is 4.90 Å². The van der Waals surface area contributed by atoms with E-state index in [0.717, 1.165) is 25.0 Å². The van der Waals surface area contributed by atoms with Crippen molar-refractivity contribution in [2.75, 3.05) is 14.1 Å². The minimum atomic E-state index is -0.0965. The van der Waals surface area contributed by atoms with Gasteiger partial charge >= 0.3 is 0 Å². The summed E-state index contributed by atoms with van der Waals surface area (Å²) in [6.45, 7) is 8.18. The zero-order chi connectivity index (χ0) is 11.6. The molecule has 0 unspecified atom stereocenters. The standard InChI is InChI=1S/C12H22N2O/c1-9(2)10-6-7-12(3,14(4)5)11(8-10)13-15/h10,15H,1,6-8H2,2-5H3/b13-11-/t10-,12-/m1/s1. The lowest BCUT2D eigenvalue weighted by Gasteiger charge is -2.42. The first kappa shape index (κ1) is 12.2. The SMILES string of the molecule is C=C(C)[C@@H]1CC[C@@](C)(N(C)C)/C(=N\O)C1. The van der Waals surface area contributed by atoms with Crippen molar-refractivity contribution >= 4 is 5.71 Å². The van der Waals surface area contributed by atoms with Gasteiger partial charge in [-0.25, -0.2) is 0 Å². The van der Waals surface area contributed by atoms with Crippen LogP contribution in [0.15, 0.2) is 17.3 Å². The van der Waals surface area contributed by atoms with E-state index in [1.54, 1.807) is 0 Å². The van der Waals surface area contributed by atoms with E-state index in [9.17, 15) is 0 Å².